The topological polar surface area (TPSA) is 49.4 Å². The van der Waals surface area contributed by atoms with Crippen molar-refractivity contribution in [1.29, 1.82) is 0 Å². The number of carbonyl (C=O) groups excluding carboxylic acids is 2. The fraction of sp³-hybridized carbons (Fsp3) is 0.875. The van der Waals surface area contributed by atoms with Crippen LogP contribution in [0.4, 0.5) is 0 Å². The van der Waals surface area contributed by atoms with E-state index in [4.69, 9.17) is 0 Å². The van der Waals surface area contributed by atoms with Gasteiger partial charge in [-0.3, -0.25) is 9.59 Å². The molecule has 114 valence electrons. The zero-order valence-electron chi connectivity index (χ0n) is 13.0. The van der Waals surface area contributed by atoms with Gasteiger partial charge in [-0.1, -0.05) is 33.1 Å². The van der Waals surface area contributed by atoms with E-state index < -0.39 is 0 Å². The highest BCUT2D eigenvalue weighted by Crippen LogP contribution is 2.30. The van der Waals surface area contributed by atoms with E-state index in [1.807, 2.05) is 11.8 Å². The summed E-state index contributed by atoms with van der Waals surface area (Å²) in [4.78, 5) is 26.9. The smallest absolute Gasteiger partial charge is 0.246 e. The summed E-state index contributed by atoms with van der Waals surface area (Å²) in [5.74, 6) is 0.509. The fourth-order valence-electron chi connectivity index (χ4n) is 3.78. The van der Waals surface area contributed by atoms with Crippen LogP contribution < -0.4 is 5.32 Å². The molecule has 1 heterocycles. The molecule has 4 heteroatoms. The van der Waals surface area contributed by atoms with Crippen LogP contribution in [0.25, 0.3) is 0 Å². The van der Waals surface area contributed by atoms with Gasteiger partial charge in [-0.2, -0.15) is 0 Å². The summed E-state index contributed by atoms with van der Waals surface area (Å²) in [6.07, 6.45) is 7.60. The van der Waals surface area contributed by atoms with Crippen LogP contribution in [-0.4, -0.2) is 34.8 Å². The molecule has 2 amide bonds. The molecule has 4 nitrogen and oxygen atoms in total. The summed E-state index contributed by atoms with van der Waals surface area (Å²) >= 11 is 0. The Morgan fingerprint density at radius 2 is 1.75 bits per heavy atom. The number of nitrogens with zero attached hydrogens (tertiary/aromatic N) is 1. The van der Waals surface area contributed by atoms with Gasteiger partial charge in [0.15, 0.2) is 0 Å². The molecule has 0 radical (unpaired) electrons. The molecule has 2 rings (SSSR count). The highest BCUT2D eigenvalue weighted by atomic mass is 16.2. The molecule has 0 aromatic heterocycles. The molecule has 2 atom stereocenters. The number of amides is 2. The predicted octanol–water partition coefficient (Wildman–Crippen LogP) is 2.47. The van der Waals surface area contributed by atoms with Crippen molar-refractivity contribution < 1.29 is 9.59 Å². The van der Waals surface area contributed by atoms with Crippen LogP contribution in [0.3, 0.4) is 0 Å². The third kappa shape index (κ3) is 2.84. The van der Waals surface area contributed by atoms with E-state index in [9.17, 15) is 9.59 Å². The molecular weight excluding hydrogens is 252 g/mol. The molecule has 0 bridgehead atoms. The van der Waals surface area contributed by atoms with Gasteiger partial charge >= 0.3 is 0 Å². The molecule has 0 aromatic carbocycles. The van der Waals surface area contributed by atoms with Crippen LogP contribution in [0, 0.1) is 5.92 Å². The van der Waals surface area contributed by atoms with Crippen LogP contribution in [-0.2, 0) is 9.59 Å². The minimum atomic E-state index is -0.327. The monoisotopic (exact) mass is 280 g/mol. The lowest BCUT2D eigenvalue weighted by atomic mass is 9.82. The maximum Gasteiger partial charge on any atom is 0.246 e. The van der Waals surface area contributed by atoms with Crippen molar-refractivity contribution in [2.75, 3.05) is 0 Å². The highest BCUT2D eigenvalue weighted by molar-refractivity contribution is 5.97. The van der Waals surface area contributed by atoms with E-state index in [1.165, 1.54) is 19.3 Å². The van der Waals surface area contributed by atoms with E-state index in [2.05, 4.69) is 19.2 Å². The number of rotatable bonds is 4. The molecule has 1 aliphatic heterocycles. The van der Waals surface area contributed by atoms with Crippen molar-refractivity contribution in [3.05, 3.63) is 0 Å². The van der Waals surface area contributed by atoms with E-state index in [1.54, 1.807) is 0 Å². The van der Waals surface area contributed by atoms with Crippen LogP contribution in [0.2, 0.25) is 0 Å². The van der Waals surface area contributed by atoms with Gasteiger partial charge < -0.3 is 10.2 Å². The van der Waals surface area contributed by atoms with E-state index in [0.29, 0.717) is 5.92 Å². The quantitative estimate of drug-likeness (QED) is 0.860. The lowest BCUT2D eigenvalue weighted by Gasteiger charge is -2.44. The Labute approximate surface area is 122 Å². The minimum absolute atomic E-state index is 0.0204. The maximum absolute atomic E-state index is 12.9. The van der Waals surface area contributed by atoms with Gasteiger partial charge in [0, 0.05) is 6.04 Å². The SMILES string of the molecule is CCC(CC)N1C(=O)C(C2CCCCC2)NC(=O)C1C. The number of hydrogen-bond acceptors (Lipinski definition) is 2. The molecule has 1 N–H and O–H groups in total. The van der Waals surface area contributed by atoms with Crippen molar-refractivity contribution in [3.8, 4) is 0 Å². The molecule has 1 saturated carbocycles. The van der Waals surface area contributed by atoms with Crippen molar-refractivity contribution in [1.82, 2.24) is 10.2 Å². The van der Waals surface area contributed by atoms with Crippen molar-refractivity contribution >= 4 is 11.8 Å². The first-order chi connectivity index (χ1) is 9.60. The van der Waals surface area contributed by atoms with Gasteiger partial charge in [0.2, 0.25) is 11.8 Å². The van der Waals surface area contributed by atoms with Gasteiger partial charge in [0.25, 0.3) is 0 Å². The Kier molecular flexibility index (Phi) is 5.06. The molecule has 20 heavy (non-hydrogen) atoms. The largest absolute Gasteiger partial charge is 0.342 e. The summed E-state index contributed by atoms with van der Waals surface area (Å²) < 4.78 is 0. The predicted molar refractivity (Wildman–Crippen MR) is 79.2 cm³/mol. The second-order valence-corrected chi connectivity index (χ2v) is 6.28. The lowest BCUT2D eigenvalue weighted by Crippen LogP contribution is -2.66. The highest BCUT2D eigenvalue weighted by Gasteiger charge is 2.43. The summed E-state index contributed by atoms with van der Waals surface area (Å²) in [7, 11) is 0. The van der Waals surface area contributed by atoms with E-state index >= 15 is 0 Å². The Hall–Kier alpha value is -1.06. The van der Waals surface area contributed by atoms with Gasteiger partial charge in [-0.15, -0.1) is 0 Å². The van der Waals surface area contributed by atoms with Crippen LogP contribution in [0.15, 0.2) is 0 Å². The van der Waals surface area contributed by atoms with Gasteiger partial charge in [0.05, 0.1) is 0 Å². The average molecular weight is 280 g/mol. The van der Waals surface area contributed by atoms with E-state index in [-0.39, 0.29) is 29.9 Å². The molecule has 2 aliphatic rings. The first-order valence-corrected chi connectivity index (χ1v) is 8.22. The standard InChI is InChI=1S/C16H28N2O2/c1-4-13(5-2)18-11(3)15(19)17-14(16(18)20)12-9-7-6-8-10-12/h11-14H,4-10H2,1-3H3,(H,17,19). The Bertz CT molecular complexity index is 359. The third-order valence-electron chi connectivity index (χ3n) is 5.07. The number of piperazine rings is 1. The molecule has 2 unspecified atom stereocenters. The first-order valence-electron chi connectivity index (χ1n) is 8.22. The number of nitrogens with one attached hydrogen (secondary N) is 1. The Morgan fingerprint density at radius 1 is 1.15 bits per heavy atom. The summed E-state index contributed by atoms with van der Waals surface area (Å²) in [5, 5.41) is 2.99. The van der Waals surface area contributed by atoms with Crippen molar-refractivity contribution in [3.63, 3.8) is 0 Å². The minimum Gasteiger partial charge on any atom is -0.342 e. The summed E-state index contributed by atoms with van der Waals surface area (Å²) in [6.45, 7) is 6.04. The van der Waals surface area contributed by atoms with Gasteiger partial charge in [0.1, 0.15) is 12.1 Å². The van der Waals surface area contributed by atoms with Gasteiger partial charge in [-0.25, -0.2) is 0 Å². The molecule has 2 fully saturated rings. The molecular formula is C16H28N2O2. The zero-order chi connectivity index (χ0) is 14.7. The number of carbonyl (C=O) groups is 2. The van der Waals surface area contributed by atoms with Crippen LogP contribution >= 0.6 is 0 Å². The van der Waals surface area contributed by atoms with Crippen molar-refractivity contribution in [2.24, 2.45) is 5.92 Å². The van der Waals surface area contributed by atoms with Crippen LogP contribution in [0.1, 0.15) is 65.7 Å². The zero-order valence-corrected chi connectivity index (χ0v) is 13.0. The van der Waals surface area contributed by atoms with Gasteiger partial charge in [-0.05, 0) is 38.5 Å². The second-order valence-electron chi connectivity index (χ2n) is 6.28. The average Bonchev–Trinajstić information content (AvgIpc) is 2.48. The molecule has 0 aromatic rings. The Morgan fingerprint density at radius 3 is 2.30 bits per heavy atom. The Balaban J connectivity index is 2.18. The van der Waals surface area contributed by atoms with Crippen molar-refractivity contribution in [2.45, 2.75) is 83.8 Å². The molecule has 1 saturated heterocycles. The first kappa shape index (κ1) is 15.3. The molecule has 0 spiro atoms. The maximum atomic E-state index is 12.9. The molecule has 1 aliphatic carbocycles. The van der Waals surface area contributed by atoms with E-state index in [0.717, 1.165) is 25.7 Å². The second kappa shape index (κ2) is 6.59. The summed E-state index contributed by atoms with van der Waals surface area (Å²) in [5.41, 5.74) is 0. The number of hydrogen-bond donors (Lipinski definition) is 1. The summed E-state index contributed by atoms with van der Waals surface area (Å²) in [6, 6.07) is -0.415. The fourth-order valence-corrected chi connectivity index (χ4v) is 3.78. The van der Waals surface area contributed by atoms with Crippen LogP contribution in [0.5, 0.6) is 0 Å². The third-order valence-corrected chi connectivity index (χ3v) is 5.07. The lowest BCUT2D eigenvalue weighted by molar-refractivity contribution is -0.153. The normalized spacial score (nSPS) is 28.9.